The van der Waals surface area contributed by atoms with E-state index >= 15 is 0 Å². The Morgan fingerprint density at radius 2 is 1.54 bits per heavy atom. The fourth-order valence-electron chi connectivity index (χ4n) is 4.46. The van der Waals surface area contributed by atoms with Gasteiger partial charge in [-0.2, -0.15) is 0 Å². The number of aromatic nitrogens is 3. The average Bonchev–Trinajstić information content (AvgIpc) is 3.37. The Hall–Kier alpha value is -4.78. The number of hydrogen-bond acceptors (Lipinski definition) is 5. The second-order valence-electron chi connectivity index (χ2n) is 10.4. The average molecular weight is 519 g/mol. The Morgan fingerprint density at radius 3 is 2.26 bits per heavy atom. The van der Waals surface area contributed by atoms with Gasteiger partial charge in [0.2, 0.25) is 0 Å². The normalized spacial score (nSPS) is 11.4. The first-order valence-electron chi connectivity index (χ1n) is 12.8. The first kappa shape index (κ1) is 25.9. The van der Waals surface area contributed by atoms with Crippen molar-refractivity contribution in [2.75, 3.05) is 0 Å². The van der Waals surface area contributed by atoms with E-state index < -0.39 is 5.60 Å². The smallest absolute Gasteiger partial charge is 0.339 e. The van der Waals surface area contributed by atoms with E-state index in [1.807, 2.05) is 113 Å². The summed E-state index contributed by atoms with van der Waals surface area (Å²) in [5.74, 6) is -0.510. The standard InChI is InChI=1S/C32H30N4O3/c1-21-25(30(37)33-20-22-10-6-5-7-11-22)18-19-28-29(21)34-35-36(28)24-16-14-23(15-17-24)26-12-8-9-13-27(26)31(38)39-32(2,3)4/h5-19H,20H2,1-4H3,(H,33,37). The van der Waals surface area contributed by atoms with Crippen LogP contribution in [0.5, 0.6) is 0 Å². The van der Waals surface area contributed by atoms with Crippen molar-refractivity contribution >= 4 is 22.9 Å². The molecule has 0 spiro atoms. The minimum absolute atomic E-state index is 0.152. The van der Waals surface area contributed by atoms with Crippen LogP contribution in [-0.4, -0.2) is 32.5 Å². The van der Waals surface area contributed by atoms with Crippen molar-refractivity contribution < 1.29 is 14.3 Å². The molecular formula is C32H30N4O3. The highest BCUT2D eigenvalue weighted by atomic mass is 16.6. The maximum Gasteiger partial charge on any atom is 0.339 e. The van der Waals surface area contributed by atoms with Crippen molar-refractivity contribution in [1.29, 1.82) is 0 Å². The van der Waals surface area contributed by atoms with Gasteiger partial charge in [-0.3, -0.25) is 4.79 Å². The summed E-state index contributed by atoms with van der Waals surface area (Å²) >= 11 is 0. The lowest BCUT2D eigenvalue weighted by atomic mass is 9.99. The molecule has 1 heterocycles. The molecular weight excluding hydrogens is 488 g/mol. The van der Waals surface area contributed by atoms with Crippen molar-refractivity contribution in [1.82, 2.24) is 20.3 Å². The van der Waals surface area contributed by atoms with Gasteiger partial charge in [0.25, 0.3) is 5.91 Å². The van der Waals surface area contributed by atoms with E-state index in [0.29, 0.717) is 23.2 Å². The summed E-state index contributed by atoms with van der Waals surface area (Å²) in [5.41, 5.74) is 6.27. The number of fused-ring (bicyclic) bond motifs is 1. The van der Waals surface area contributed by atoms with E-state index in [4.69, 9.17) is 4.74 Å². The van der Waals surface area contributed by atoms with Crippen LogP contribution in [0.15, 0.2) is 91.0 Å². The second kappa shape index (κ2) is 10.5. The number of nitrogens with zero attached hydrogens (tertiary/aromatic N) is 3. The van der Waals surface area contributed by atoms with Gasteiger partial charge in [0, 0.05) is 12.1 Å². The Balaban J connectivity index is 1.39. The zero-order valence-electron chi connectivity index (χ0n) is 22.4. The number of aryl methyl sites for hydroxylation is 1. The summed E-state index contributed by atoms with van der Waals surface area (Å²) < 4.78 is 7.35. The van der Waals surface area contributed by atoms with Crippen LogP contribution in [0.4, 0.5) is 0 Å². The number of carbonyl (C=O) groups is 2. The molecule has 0 aliphatic heterocycles. The van der Waals surface area contributed by atoms with Crippen molar-refractivity contribution in [2.24, 2.45) is 0 Å². The van der Waals surface area contributed by atoms with Gasteiger partial charge in [-0.25, -0.2) is 9.48 Å². The van der Waals surface area contributed by atoms with Crippen LogP contribution in [0.3, 0.4) is 0 Å². The van der Waals surface area contributed by atoms with Gasteiger partial charge in [0.05, 0.1) is 16.8 Å². The number of nitrogens with one attached hydrogen (secondary N) is 1. The third-order valence-electron chi connectivity index (χ3n) is 6.38. The molecule has 0 bridgehead atoms. The van der Waals surface area contributed by atoms with Gasteiger partial charge in [0.1, 0.15) is 11.1 Å². The van der Waals surface area contributed by atoms with E-state index in [2.05, 4.69) is 15.6 Å². The third-order valence-corrected chi connectivity index (χ3v) is 6.38. The maximum absolute atomic E-state index is 12.9. The Labute approximate surface area is 227 Å². The Morgan fingerprint density at radius 1 is 0.846 bits per heavy atom. The molecule has 0 radical (unpaired) electrons. The van der Waals surface area contributed by atoms with E-state index in [1.165, 1.54) is 0 Å². The lowest BCUT2D eigenvalue weighted by Crippen LogP contribution is -2.24. The van der Waals surface area contributed by atoms with E-state index in [1.54, 1.807) is 10.7 Å². The SMILES string of the molecule is Cc1c(C(=O)NCc2ccccc2)ccc2c1nnn2-c1ccc(-c2ccccc2C(=O)OC(C)(C)C)cc1. The van der Waals surface area contributed by atoms with Crippen molar-refractivity contribution in [3.63, 3.8) is 0 Å². The molecule has 1 amide bonds. The molecule has 4 aromatic carbocycles. The molecule has 0 aliphatic carbocycles. The number of carbonyl (C=O) groups excluding carboxylic acids is 2. The summed E-state index contributed by atoms with van der Waals surface area (Å²) in [6.07, 6.45) is 0. The first-order valence-corrected chi connectivity index (χ1v) is 12.8. The third kappa shape index (κ3) is 5.57. The number of esters is 1. The number of amides is 1. The topological polar surface area (TPSA) is 86.1 Å². The van der Waals surface area contributed by atoms with Crippen LogP contribution in [0.2, 0.25) is 0 Å². The van der Waals surface area contributed by atoms with Crippen LogP contribution < -0.4 is 5.32 Å². The van der Waals surface area contributed by atoms with Gasteiger partial charge < -0.3 is 10.1 Å². The van der Waals surface area contributed by atoms with Crippen LogP contribution in [0.25, 0.3) is 27.8 Å². The monoisotopic (exact) mass is 518 g/mol. The molecule has 7 nitrogen and oxygen atoms in total. The van der Waals surface area contributed by atoms with Crippen molar-refractivity contribution in [3.8, 4) is 16.8 Å². The minimum Gasteiger partial charge on any atom is -0.456 e. The van der Waals surface area contributed by atoms with Crippen molar-refractivity contribution in [2.45, 2.75) is 39.8 Å². The highest BCUT2D eigenvalue weighted by molar-refractivity contribution is 6.00. The molecule has 0 fully saturated rings. The summed E-state index contributed by atoms with van der Waals surface area (Å²) in [6.45, 7) is 7.90. The molecule has 0 saturated heterocycles. The van der Waals surface area contributed by atoms with Gasteiger partial charge in [-0.15, -0.1) is 5.10 Å². The molecule has 0 saturated carbocycles. The van der Waals surface area contributed by atoms with Crippen LogP contribution in [0.1, 0.15) is 52.6 Å². The van der Waals surface area contributed by atoms with Crippen LogP contribution in [-0.2, 0) is 11.3 Å². The van der Waals surface area contributed by atoms with Gasteiger partial charge in [-0.1, -0.05) is 65.9 Å². The summed E-state index contributed by atoms with van der Waals surface area (Å²) in [7, 11) is 0. The number of rotatable bonds is 6. The molecule has 7 heteroatoms. The molecule has 5 aromatic rings. The van der Waals surface area contributed by atoms with Gasteiger partial charge >= 0.3 is 5.97 Å². The number of ether oxygens (including phenoxy) is 1. The van der Waals surface area contributed by atoms with Crippen LogP contribution in [0, 0.1) is 6.92 Å². The molecule has 0 unspecified atom stereocenters. The van der Waals surface area contributed by atoms with Crippen LogP contribution >= 0.6 is 0 Å². The molecule has 196 valence electrons. The summed E-state index contributed by atoms with van der Waals surface area (Å²) in [6, 6.07) is 28.7. The van der Waals surface area contributed by atoms with Crippen molar-refractivity contribution in [3.05, 3.63) is 113 Å². The zero-order chi connectivity index (χ0) is 27.6. The van der Waals surface area contributed by atoms with E-state index in [0.717, 1.165) is 33.5 Å². The highest BCUT2D eigenvalue weighted by Gasteiger charge is 2.21. The molecule has 1 aromatic heterocycles. The molecule has 1 N–H and O–H groups in total. The number of hydrogen-bond donors (Lipinski definition) is 1. The fraction of sp³-hybridized carbons (Fsp3) is 0.188. The molecule has 0 aliphatic rings. The second-order valence-corrected chi connectivity index (χ2v) is 10.4. The lowest BCUT2D eigenvalue weighted by molar-refractivity contribution is 0.00703. The maximum atomic E-state index is 12.9. The molecule has 5 rings (SSSR count). The first-order chi connectivity index (χ1) is 18.7. The minimum atomic E-state index is -0.581. The summed E-state index contributed by atoms with van der Waals surface area (Å²) in [4.78, 5) is 25.7. The molecule has 0 atom stereocenters. The lowest BCUT2D eigenvalue weighted by Gasteiger charge is -2.20. The predicted octanol–water partition coefficient (Wildman–Crippen LogP) is 6.28. The predicted molar refractivity (Wildman–Crippen MR) is 152 cm³/mol. The van der Waals surface area contributed by atoms with Gasteiger partial charge in [-0.05, 0) is 80.3 Å². The Kier molecular flexibility index (Phi) is 6.98. The van der Waals surface area contributed by atoms with E-state index in [-0.39, 0.29) is 11.9 Å². The number of benzene rings is 4. The van der Waals surface area contributed by atoms with Gasteiger partial charge in [0.15, 0.2) is 0 Å². The highest BCUT2D eigenvalue weighted by Crippen LogP contribution is 2.28. The summed E-state index contributed by atoms with van der Waals surface area (Å²) in [5, 5.41) is 11.7. The largest absolute Gasteiger partial charge is 0.456 e. The molecule has 39 heavy (non-hydrogen) atoms. The van der Waals surface area contributed by atoms with E-state index in [9.17, 15) is 9.59 Å². The quantitative estimate of drug-likeness (QED) is 0.267. The Bertz CT molecular complexity index is 1650. The zero-order valence-corrected chi connectivity index (χ0v) is 22.4. The fourth-order valence-corrected chi connectivity index (χ4v) is 4.46.